The predicted molar refractivity (Wildman–Crippen MR) is 83.9 cm³/mol. The fourth-order valence-corrected chi connectivity index (χ4v) is 7.12. The molecule has 5 fully saturated rings. The predicted octanol–water partition coefficient (Wildman–Crippen LogP) is 5.66. The van der Waals surface area contributed by atoms with Crippen molar-refractivity contribution in [3.05, 3.63) is 0 Å². The summed E-state index contributed by atoms with van der Waals surface area (Å²) in [5.74, 6) is 6.50. The molecule has 4 bridgehead atoms. The van der Waals surface area contributed by atoms with Crippen LogP contribution in [-0.4, -0.2) is 6.71 Å². The van der Waals surface area contributed by atoms with E-state index in [1.807, 2.05) is 0 Å². The van der Waals surface area contributed by atoms with Gasteiger partial charge in [-0.25, -0.2) is 0 Å². The largest absolute Gasteiger partial charge is 0.149 e. The summed E-state index contributed by atoms with van der Waals surface area (Å²) in [7, 11) is 0. The van der Waals surface area contributed by atoms with Crippen LogP contribution in [0.4, 0.5) is 0 Å². The average Bonchev–Trinajstić information content (AvgIpc) is 2.37. The number of hydrogen-bond donors (Lipinski definition) is 0. The Balaban J connectivity index is 1.57. The molecule has 2 heterocycles. The third kappa shape index (κ3) is 1.72. The Morgan fingerprint density at radius 1 is 0.895 bits per heavy atom. The van der Waals surface area contributed by atoms with Crippen molar-refractivity contribution in [1.82, 2.24) is 0 Å². The first-order valence-corrected chi connectivity index (χ1v) is 9.09. The van der Waals surface area contributed by atoms with Gasteiger partial charge in [-0.3, -0.25) is 0 Å². The van der Waals surface area contributed by atoms with Crippen LogP contribution in [0, 0.1) is 23.2 Å². The van der Waals surface area contributed by atoms with Crippen molar-refractivity contribution in [1.29, 1.82) is 0 Å². The SMILES string of the molecule is CC1C(B2C3CCCC2CCC3)CC2CC1C2(C)C. The molecule has 5 aliphatic rings. The molecule has 0 spiro atoms. The van der Waals surface area contributed by atoms with Gasteiger partial charge in [0.2, 0.25) is 0 Å². The molecule has 4 atom stereocenters. The molecule has 2 aliphatic heterocycles. The summed E-state index contributed by atoms with van der Waals surface area (Å²) < 4.78 is 0. The summed E-state index contributed by atoms with van der Waals surface area (Å²) in [5, 5.41) is 0. The molecule has 0 aromatic carbocycles. The molecular weight excluding hydrogens is 227 g/mol. The minimum Gasteiger partial charge on any atom is -0.0626 e. The van der Waals surface area contributed by atoms with Gasteiger partial charge in [-0.15, -0.1) is 0 Å². The van der Waals surface area contributed by atoms with E-state index in [0.29, 0.717) is 5.41 Å². The Labute approximate surface area is 120 Å². The van der Waals surface area contributed by atoms with Gasteiger partial charge in [-0.1, -0.05) is 83.2 Å². The highest BCUT2D eigenvalue weighted by Crippen LogP contribution is 2.67. The second kappa shape index (κ2) is 4.28. The van der Waals surface area contributed by atoms with Crippen molar-refractivity contribution in [3.8, 4) is 0 Å². The second-order valence-corrected chi connectivity index (χ2v) is 9.08. The number of rotatable bonds is 1. The summed E-state index contributed by atoms with van der Waals surface area (Å²) in [6.45, 7) is 8.87. The Bertz CT molecular complexity index is 339. The van der Waals surface area contributed by atoms with E-state index in [0.717, 1.165) is 41.9 Å². The fraction of sp³-hybridized carbons (Fsp3) is 1.00. The van der Waals surface area contributed by atoms with Gasteiger partial charge in [-0.2, -0.15) is 0 Å². The summed E-state index contributed by atoms with van der Waals surface area (Å²) in [6, 6.07) is 0. The smallest absolute Gasteiger partial charge is 0.0626 e. The normalized spacial score (nSPS) is 51.6. The maximum Gasteiger partial charge on any atom is 0.149 e. The second-order valence-electron chi connectivity index (χ2n) is 9.08. The maximum absolute atomic E-state index is 2.62. The lowest BCUT2D eigenvalue weighted by molar-refractivity contribution is -0.0998. The minimum atomic E-state index is 0.680. The summed E-state index contributed by atoms with van der Waals surface area (Å²) in [5.41, 5.74) is 0.680. The van der Waals surface area contributed by atoms with E-state index < -0.39 is 0 Å². The lowest BCUT2D eigenvalue weighted by Gasteiger charge is -2.64. The zero-order valence-electron chi connectivity index (χ0n) is 13.2. The van der Waals surface area contributed by atoms with Gasteiger partial charge in [0.25, 0.3) is 0 Å². The van der Waals surface area contributed by atoms with E-state index in [2.05, 4.69) is 20.8 Å². The summed E-state index contributed by atoms with van der Waals surface area (Å²) >= 11 is 0. The van der Waals surface area contributed by atoms with Gasteiger partial charge in [0.15, 0.2) is 0 Å². The molecule has 2 saturated heterocycles. The van der Waals surface area contributed by atoms with Crippen LogP contribution in [-0.2, 0) is 0 Å². The summed E-state index contributed by atoms with van der Waals surface area (Å²) in [6.07, 6.45) is 12.5. The molecule has 0 aromatic rings. The summed E-state index contributed by atoms with van der Waals surface area (Å²) in [4.78, 5) is 0. The lowest BCUT2D eigenvalue weighted by atomic mass is 9.18. The van der Waals surface area contributed by atoms with Gasteiger partial charge in [-0.05, 0) is 29.6 Å². The topological polar surface area (TPSA) is 0 Å². The van der Waals surface area contributed by atoms with Crippen molar-refractivity contribution in [3.63, 3.8) is 0 Å². The van der Waals surface area contributed by atoms with Crippen molar-refractivity contribution in [2.75, 3.05) is 0 Å². The Morgan fingerprint density at radius 2 is 1.47 bits per heavy atom. The van der Waals surface area contributed by atoms with Gasteiger partial charge < -0.3 is 0 Å². The van der Waals surface area contributed by atoms with Crippen molar-refractivity contribution in [2.24, 2.45) is 23.2 Å². The molecule has 0 amide bonds. The third-order valence-electron chi connectivity index (χ3n) is 8.30. The van der Waals surface area contributed by atoms with Crippen molar-refractivity contribution in [2.45, 2.75) is 89.6 Å². The number of hydrogen-bond acceptors (Lipinski definition) is 0. The first kappa shape index (κ1) is 12.8. The quantitative estimate of drug-likeness (QED) is 0.532. The Morgan fingerprint density at radius 3 is 1.95 bits per heavy atom. The van der Waals surface area contributed by atoms with Crippen LogP contribution in [0.15, 0.2) is 0 Å². The van der Waals surface area contributed by atoms with Gasteiger partial charge in [0.05, 0.1) is 0 Å². The molecule has 1 heteroatoms. The molecule has 19 heavy (non-hydrogen) atoms. The molecule has 3 saturated carbocycles. The van der Waals surface area contributed by atoms with Crippen molar-refractivity contribution >= 4 is 6.71 Å². The average molecular weight is 258 g/mol. The molecular formula is C18H31B. The van der Waals surface area contributed by atoms with E-state index in [4.69, 9.17) is 0 Å². The maximum atomic E-state index is 2.62. The number of fused-ring (bicyclic) bond motifs is 5. The molecule has 3 aliphatic carbocycles. The van der Waals surface area contributed by atoms with E-state index in [9.17, 15) is 0 Å². The van der Waals surface area contributed by atoms with Crippen LogP contribution in [0.1, 0.15) is 72.1 Å². The van der Waals surface area contributed by atoms with Crippen LogP contribution in [0.25, 0.3) is 0 Å². The monoisotopic (exact) mass is 258 g/mol. The van der Waals surface area contributed by atoms with E-state index in [1.165, 1.54) is 0 Å². The third-order valence-corrected chi connectivity index (χ3v) is 8.30. The van der Waals surface area contributed by atoms with E-state index in [1.54, 1.807) is 51.4 Å². The Hall–Kier alpha value is 0.0649. The van der Waals surface area contributed by atoms with Crippen LogP contribution in [0.3, 0.4) is 0 Å². The first-order valence-electron chi connectivity index (χ1n) is 9.09. The molecule has 5 rings (SSSR count). The lowest BCUT2D eigenvalue weighted by Crippen LogP contribution is -2.57. The zero-order chi connectivity index (χ0) is 13.2. The van der Waals surface area contributed by atoms with Gasteiger partial charge >= 0.3 is 0 Å². The highest BCUT2D eigenvalue weighted by molar-refractivity contribution is 6.64. The van der Waals surface area contributed by atoms with Gasteiger partial charge in [0.1, 0.15) is 6.71 Å². The van der Waals surface area contributed by atoms with Crippen LogP contribution < -0.4 is 0 Å². The molecule has 0 radical (unpaired) electrons. The fourth-order valence-electron chi connectivity index (χ4n) is 7.12. The highest BCUT2D eigenvalue weighted by atomic mass is 14.6. The van der Waals surface area contributed by atoms with E-state index in [-0.39, 0.29) is 0 Å². The first-order chi connectivity index (χ1) is 9.09. The minimum absolute atomic E-state index is 0.680. The van der Waals surface area contributed by atoms with E-state index >= 15 is 0 Å². The molecule has 0 N–H and O–H groups in total. The van der Waals surface area contributed by atoms with Crippen LogP contribution in [0.5, 0.6) is 0 Å². The Kier molecular flexibility index (Phi) is 2.88. The molecule has 0 aromatic heterocycles. The van der Waals surface area contributed by atoms with Gasteiger partial charge in [0, 0.05) is 0 Å². The molecule has 4 unspecified atom stereocenters. The highest BCUT2D eigenvalue weighted by Gasteiger charge is 2.59. The molecule has 0 nitrogen and oxygen atoms in total. The zero-order valence-corrected chi connectivity index (χ0v) is 13.2. The van der Waals surface area contributed by atoms with Crippen molar-refractivity contribution < 1.29 is 0 Å². The van der Waals surface area contributed by atoms with Crippen LogP contribution >= 0.6 is 0 Å². The van der Waals surface area contributed by atoms with Crippen LogP contribution in [0.2, 0.25) is 17.5 Å². The molecule has 106 valence electrons. The standard InChI is InChI=1S/C18H31B/c1-12-16-10-13(18(16,2)3)11-17(12)19-14-6-4-7-15(19)9-5-8-14/h12-17H,4-11H2,1-3H3.